The van der Waals surface area contributed by atoms with Gasteiger partial charge in [0.05, 0.1) is 15.3 Å². The number of halogens is 3. The maximum Gasteiger partial charge on any atom is 0.234 e. The molecule has 4 nitrogen and oxygen atoms in total. The molecule has 4 rings (SSSR count). The first kappa shape index (κ1) is 19.5. The number of benzene rings is 2. The Morgan fingerprint density at radius 2 is 1.33 bits per heavy atom. The molecule has 142 valence electrons. The number of amides is 2. The quantitative estimate of drug-likeness (QED) is 0.618. The Bertz CT molecular complexity index is 971. The average Bonchev–Trinajstić information content (AvgIpc) is 2.95. The van der Waals surface area contributed by atoms with Crippen molar-refractivity contribution >= 4 is 39.1 Å². The van der Waals surface area contributed by atoms with E-state index >= 15 is 0 Å². The van der Waals surface area contributed by atoms with Crippen LogP contribution in [0.25, 0.3) is 0 Å². The second-order valence-electron chi connectivity index (χ2n) is 7.60. The lowest BCUT2D eigenvalue weighted by atomic mass is 9.86. The molecule has 2 aliphatic heterocycles. The Balaban J connectivity index is 0.000000156. The van der Waals surface area contributed by atoms with Crippen LogP contribution in [-0.4, -0.2) is 11.8 Å². The number of hydrogen-bond donors (Lipinski definition) is 2. The van der Waals surface area contributed by atoms with E-state index in [1.807, 2.05) is 0 Å². The van der Waals surface area contributed by atoms with Crippen LogP contribution < -0.4 is 10.6 Å². The molecule has 2 heterocycles. The van der Waals surface area contributed by atoms with E-state index in [-0.39, 0.29) is 23.4 Å². The molecular formula is C20H19BrF2N2O2. The van der Waals surface area contributed by atoms with E-state index in [2.05, 4.69) is 26.6 Å². The van der Waals surface area contributed by atoms with Crippen LogP contribution in [-0.2, 0) is 20.4 Å². The summed E-state index contributed by atoms with van der Waals surface area (Å²) in [5, 5.41) is 5.31. The fourth-order valence-electron chi connectivity index (χ4n) is 3.31. The molecule has 7 heteroatoms. The van der Waals surface area contributed by atoms with E-state index in [1.165, 1.54) is 6.07 Å². The predicted molar refractivity (Wildman–Crippen MR) is 104 cm³/mol. The molecule has 0 aromatic heterocycles. The van der Waals surface area contributed by atoms with Crippen molar-refractivity contribution in [3.63, 3.8) is 0 Å². The maximum absolute atomic E-state index is 13.7. The zero-order valence-corrected chi connectivity index (χ0v) is 16.9. The van der Waals surface area contributed by atoms with Crippen LogP contribution in [0.5, 0.6) is 0 Å². The molecule has 2 aromatic rings. The minimum absolute atomic E-state index is 0.146. The van der Waals surface area contributed by atoms with Gasteiger partial charge in [0, 0.05) is 22.5 Å². The highest BCUT2D eigenvalue weighted by molar-refractivity contribution is 9.10. The second-order valence-corrected chi connectivity index (χ2v) is 8.46. The maximum atomic E-state index is 13.7. The number of anilines is 2. The highest BCUT2D eigenvalue weighted by Gasteiger charge is 2.41. The second kappa shape index (κ2) is 6.41. The summed E-state index contributed by atoms with van der Waals surface area (Å²) < 4.78 is 27.5. The van der Waals surface area contributed by atoms with Crippen molar-refractivity contribution in [2.45, 2.75) is 38.5 Å². The van der Waals surface area contributed by atoms with Gasteiger partial charge in [-0.3, -0.25) is 9.59 Å². The van der Waals surface area contributed by atoms with E-state index < -0.39 is 10.8 Å². The van der Waals surface area contributed by atoms with Crippen molar-refractivity contribution in [3.05, 3.63) is 57.6 Å². The van der Waals surface area contributed by atoms with Gasteiger partial charge >= 0.3 is 0 Å². The van der Waals surface area contributed by atoms with Gasteiger partial charge < -0.3 is 10.6 Å². The van der Waals surface area contributed by atoms with Crippen LogP contribution in [0.2, 0.25) is 0 Å². The van der Waals surface area contributed by atoms with Crippen molar-refractivity contribution in [1.29, 1.82) is 0 Å². The Kier molecular flexibility index (Phi) is 4.62. The van der Waals surface area contributed by atoms with Gasteiger partial charge in [0.2, 0.25) is 11.8 Å². The smallest absolute Gasteiger partial charge is 0.234 e. The molecular weight excluding hydrogens is 418 g/mol. The standard InChI is InChI=1S/C10H9BrFNO.C10H10FNO/c1-10(2)7-6(13-9(10)14)4-3-5(11)8(7)12;1-10(2)8-6(11)4-3-5-7(8)12-9(10)13/h3-4H,1-2H3,(H,13,14);3-5H,1-2H3,(H,12,13). The van der Waals surface area contributed by atoms with E-state index in [9.17, 15) is 18.4 Å². The molecule has 0 spiro atoms. The normalized spacial score (nSPS) is 18.0. The van der Waals surface area contributed by atoms with Crippen LogP contribution in [0.3, 0.4) is 0 Å². The largest absolute Gasteiger partial charge is 0.325 e. The number of hydrogen-bond acceptors (Lipinski definition) is 2. The number of rotatable bonds is 0. The summed E-state index contributed by atoms with van der Waals surface area (Å²) in [6, 6.07) is 7.98. The van der Waals surface area contributed by atoms with Crippen molar-refractivity contribution in [3.8, 4) is 0 Å². The summed E-state index contributed by atoms with van der Waals surface area (Å²) >= 11 is 3.11. The van der Waals surface area contributed by atoms with E-state index in [0.29, 0.717) is 27.0 Å². The van der Waals surface area contributed by atoms with Crippen molar-refractivity contribution in [2.75, 3.05) is 10.6 Å². The van der Waals surface area contributed by atoms with Gasteiger partial charge in [-0.25, -0.2) is 8.78 Å². The fraction of sp³-hybridized carbons (Fsp3) is 0.300. The number of carbonyl (C=O) groups is 2. The van der Waals surface area contributed by atoms with Crippen LogP contribution in [0.4, 0.5) is 20.2 Å². The van der Waals surface area contributed by atoms with Crippen LogP contribution in [0.15, 0.2) is 34.8 Å². The Hall–Kier alpha value is -2.28. The van der Waals surface area contributed by atoms with Gasteiger partial charge in [0.25, 0.3) is 0 Å². The zero-order chi connectivity index (χ0) is 20.1. The van der Waals surface area contributed by atoms with Gasteiger partial charge in [-0.15, -0.1) is 0 Å². The third kappa shape index (κ3) is 3.04. The van der Waals surface area contributed by atoms with Gasteiger partial charge in [-0.05, 0) is 67.9 Å². The Morgan fingerprint density at radius 3 is 1.89 bits per heavy atom. The Labute approximate surface area is 164 Å². The number of carbonyl (C=O) groups excluding carboxylic acids is 2. The topological polar surface area (TPSA) is 58.2 Å². The first-order valence-corrected chi connectivity index (χ1v) is 9.17. The molecule has 2 aromatic carbocycles. The van der Waals surface area contributed by atoms with E-state index in [1.54, 1.807) is 52.0 Å². The van der Waals surface area contributed by atoms with Crippen molar-refractivity contribution < 1.29 is 18.4 Å². The summed E-state index contributed by atoms with van der Waals surface area (Å²) in [6.07, 6.45) is 0. The highest BCUT2D eigenvalue weighted by Crippen LogP contribution is 2.41. The van der Waals surface area contributed by atoms with Crippen LogP contribution in [0, 0.1) is 11.6 Å². The molecule has 0 radical (unpaired) electrons. The molecule has 0 atom stereocenters. The molecule has 0 saturated heterocycles. The van der Waals surface area contributed by atoms with Gasteiger partial charge in [-0.1, -0.05) is 6.07 Å². The fourth-order valence-corrected chi connectivity index (χ4v) is 3.64. The molecule has 2 N–H and O–H groups in total. The van der Waals surface area contributed by atoms with Gasteiger partial charge in [-0.2, -0.15) is 0 Å². The number of fused-ring (bicyclic) bond motifs is 2. The molecule has 2 amide bonds. The zero-order valence-electron chi connectivity index (χ0n) is 15.3. The molecule has 0 bridgehead atoms. The van der Waals surface area contributed by atoms with Gasteiger partial charge in [0.15, 0.2) is 0 Å². The van der Waals surface area contributed by atoms with E-state index in [4.69, 9.17) is 0 Å². The monoisotopic (exact) mass is 436 g/mol. The predicted octanol–water partition coefficient (Wildman–Crippen LogP) is 4.87. The molecule has 0 unspecified atom stereocenters. The SMILES string of the molecule is CC1(C)C(=O)Nc2ccc(Br)c(F)c21.CC1(C)C(=O)Nc2cccc(F)c21. The first-order valence-electron chi connectivity index (χ1n) is 8.38. The highest BCUT2D eigenvalue weighted by atomic mass is 79.9. The first-order chi connectivity index (χ1) is 12.5. The molecule has 0 saturated carbocycles. The minimum Gasteiger partial charge on any atom is -0.325 e. The summed E-state index contributed by atoms with van der Waals surface area (Å²) in [4.78, 5) is 23.0. The third-order valence-electron chi connectivity index (χ3n) is 4.99. The summed E-state index contributed by atoms with van der Waals surface area (Å²) in [6.45, 7) is 6.86. The Morgan fingerprint density at radius 1 is 0.815 bits per heavy atom. The minimum atomic E-state index is -0.788. The summed E-state index contributed by atoms with van der Waals surface area (Å²) in [5.41, 5.74) is 0.539. The van der Waals surface area contributed by atoms with E-state index in [0.717, 1.165) is 0 Å². The lowest BCUT2D eigenvalue weighted by molar-refractivity contribution is -0.120. The van der Waals surface area contributed by atoms with Crippen molar-refractivity contribution in [2.24, 2.45) is 0 Å². The lowest BCUT2D eigenvalue weighted by Crippen LogP contribution is -2.27. The van der Waals surface area contributed by atoms with Crippen molar-refractivity contribution in [1.82, 2.24) is 0 Å². The molecule has 0 fully saturated rings. The summed E-state index contributed by atoms with van der Waals surface area (Å²) in [5.74, 6) is -0.983. The van der Waals surface area contributed by atoms with Crippen LogP contribution in [0.1, 0.15) is 38.8 Å². The molecule has 0 aliphatic carbocycles. The lowest BCUT2D eigenvalue weighted by Gasteiger charge is -2.15. The van der Waals surface area contributed by atoms with Gasteiger partial charge in [0.1, 0.15) is 11.6 Å². The number of nitrogens with one attached hydrogen (secondary N) is 2. The molecule has 27 heavy (non-hydrogen) atoms. The molecule has 2 aliphatic rings. The summed E-state index contributed by atoms with van der Waals surface area (Å²) in [7, 11) is 0. The third-order valence-corrected chi connectivity index (χ3v) is 5.60. The average molecular weight is 437 g/mol. The van der Waals surface area contributed by atoms with Crippen LogP contribution >= 0.6 is 15.9 Å².